The van der Waals surface area contributed by atoms with Gasteiger partial charge in [-0.15, -0.1) is 0 Å². The van der Waals surface area contributed by atoms with Crippen LogP contribution in [0.4, 0.5) is 11.6 Å². The van der Waals surface area contributed by atoms with Crippen LogP contribution in [-0.4, -0.2) is 35.6 Å². The van der Waals surface area contributed by atoms with Crippen LogP contribution >= 0.6 is 0 Å². The van der Waals surface area contributed by atoms with E-state index in [0.717, 1.165) is 31.6 Å². The maximum atomic E-state index is 12.1. The van der Waals surface area contributed by atoms with Gasteiger partial charge in [0.15, 0.2) is 6.61 Å². The van der Waals surface area contributed by atoms with Gasteiger partial charge in [-0.3, -0.25) is 4.79 Å². The number of rotatable bonds is 5. The molecule has 0 bridgehead atoms. The maximum absolute atomic E-state index is 12.1. The molecular weight excluding hydrogens is 330 g/mol. The fourth-order valence-corrected chi connectivity index (χ4v) is 2.80. The van der Waals surface area contributed by atoms with E-state index in [4.69, 9.17) is 10.00 Å². The van der Waals surface area contributed by atoms with Crippen molar-refractivity contribution in [2.24, 2.45) is 0 Å². The molecule has 134 valence electrons. The Morgan fingerprint density at radius 2 is 1.96 bits per heavy atom. The fraction of sp³-hybridized carbons (Fsp3) is 0.368. The number of aryl methyl sites for hydroxylation is 1. The minimum absolute atomic E-state index is 0.143. The van der Waals surface area contributed by atoms with Gasteiger partial charge in [0, 0.05) is 30.5 Å². The van der Waals surface area contributed by atoms with Crippen LogP contribution in [0.25, 0.3) is 0 Å². The molecule has 1 aliphatic heterocycles. The zero-order valence-corrected chi connectivity index (χ0v) is 14.7. The molecule has 7 heteroatoms. The molecule has 0 unspecified atom stereocenters. The van der Waals surface area contributed by atoms with Gasteiger partial charge in [-0.25, -0.2) is 4.98 Å². The first-order valence-electron chi connectivity index (χ1n) is 8.67. The first kappa shape index (κ1) is 17.7. The van der Waals surface area contributed by atoms with Crippen LogP contribution in [0, 0.1) is 18.3 Å². The van der Waals surface area contributed by atoms with Crippen LogP contribution < -0.4 is 15.0 Å². The molecule has 0 spiro atoms. The average Bonchev–Trinajstić information content (AvgIpc) is 2.67. The van der Waals surface area contributed by atoms with Crippen molar-refractivity contribution in [2.45, 2.75) is 26.2 Å². The van der Waals surface area contributed by atoms with Crippen molar-refractivity contribution in [3.05, 3.63) is 41.6 Å². The van der Waals surface area contributed by atoms with E-state index in [1.54, 1.807) is 30.3 Å². The number of amides is 1. The van der Waals surface area contributed by atoms with Crippen LogP contribution in [0.5, 0.6) is 5.88 Å². The summed E-state index contributed by atoms with van der Waals surface area (Å²) in [5, 5.41) is 11.5. The number of carbonyl (C=O) groups excluding carboxylic acids is 1. The molecule has 2 heterocycles. The molecule has 0 radical (unpaired) electrons. The third-order valence-electron chi connectivity index (χ3n) is 4.11. The average molecular weight is 351 g/mol. The lowest BCUT2D eigenvalue weighted by Gasteiger charge is -2.26. The van der Waals surface area contributed by atoms with Gasteiger partial charge in [0.2, 0.25) is 11.8 Å². The van der Waals surface area contributed by atoms with Crippen molar-refractivity contribution in [1.82, 2.24) is 9.97 Å². The third kappa shape index (κ3) is 4.70. The van der Waals surface area contributed by atoms with Crippen LogP contribution in [0.2, 0.25) is 0 Å². The number of carbonyl (C=O) groups is 1. The minimum atomic E-state index is -0.287. The Balaban J connectivity index is 1.58. The maximum Gasteiger partial charge on any atom is 0.262 e. The summed E-state index contributed by atoms with van der Waals surface area (Å²) in [4.78, 5) is 23.1. The molecule has 3 rings (SSSR count). The monoisotopic (exact) mass is 351 g/mol. The summed E-state index contributed by atoms with van der Waals surface area (Å²) < 4.78 is 5.56. The highest BCUT2D eigenvalue weighted by Crippen LogP contribution is 2.19. The highest BCUT2D eigenvalue weighted by atomic mass is 16.5. The number of aromatic nitrogens is 2. The first-order valence-corrected chi connectivity index (χ1v) is 8.67. The molecule has 26 heavy (non-hydrogen) atoms. The number of piperidine rings is 1. The Hall–Kier alpha value is -3.14. The predicted octanol–water partition coefficient (Wildman–Crippen LogP) is 2.66. The van der Waals surface area contributed by atoms with Crippen LogP contribution in [-0.2, 0) is 4.79 Å². The summed E-state index contributed by atoms with van der Waals surface area (Å²) in [6.45, 7) is 3.64. The Labute approximate surface area is 152 Å². The number of benzene rings is 1. The number of anilines is 2. The molecule has 1 aromatic heterocycles. The second kappa shape index (κ2) is 8.30. The van der Waals surface area contributed by atoms with Gasteiger partial charge >= 0.3 is 0 Å². The summed E-state index contributed by atoms with van der Waals surface area (Å²) in [5.74, 6) is 0.769. The lowest BCUT2D eigenvalue weighted by atomic mass is 10.1. The first-order chi connectivity index (χ1) is 12.6. The Kier molecular flexibility index (Phi) is 5.64. The van der Waals surface area contributed by atoms with Gasteiger partial charge < -0.3 is 15.0 Å². The Morgan fingerprint density at radius 1 is 1.23 bits per heavy atom. The number of nitrogens with zero attached hydrogens (tertiary/aromatic N) is 4. The smallest absolute Gasteiger partial charge is 0.262 e. The predicted molar refractivity (Wildman–Crippen MR) is 98.1 cm³/mol. The molecule has 2 aromatic rings. The quantitative estimate of drug-likeness (QED) is 0.890. The van der Waals surface area contributed by atoms with Crippen molar-refractivity contribution in [2.75, 3.05) is 29.9 Å². The number of ether oxygens (including phenoxy) is 1. The van der Waals surface area contributed by atoms with Crippen molar-refractivity contribution in [3.63, 3.8) is 0 Å². The van der Waals surface area contributed by atoms with Crippen LogP contribution in [0.1, 0.15) is 30.5 Å². The molecule has 0 saturated carbocycles. The second-order valence-corrected chi connectivity index (χ2v) is 6.22. The lowest BCUT2D eigenvalue weighted by molar-refractivity contribution is -0.118. The zero-order chi connectivity index (χ0) is 18.4. The van der Waals surface area contributed by atoms with Crippen LogP contribution in [0.3, 0.4) is 0 Å². The largest absolute Gasteiger partial charge is 0.467 e. The molecular formula is C19H21N5O2. The molecule has 1 aromatic carbocycles. The second-order valence-electron chi connectivity index (χ2n) is 6.22. The highest BCUT2D eigenvalue weighted by Gasteiger charge is 2.15. The van der Waals surface area contributed by atoms with Crippen molar-refractivity contribution >= 4 is 17.5 Å². The van der Waals surface area contributed by atoms with E-state index >= 15 is 0 Å². The van der Waals surface area contributed by atoms with Crippen molar-refractivity contribution < 1.29 is 9.53 Å². The molecule has 1 fully saturated rings. The summed E-state index contributed by atoms with van der Waals surface area (Å²) in [7, 11) is 0. The topological polar surface area (TPSA) is 91.1 Å². The van der Waals surface area contributed by atoms with Gasteiger partial charge in [0.25, 0.3) is 5.91 Å². The van der Waals surface area contributed by atoms with E-state index in [1.165, 1.54) is 6.42 Å². The normalized spacial score (nSPS) is 13.8. The molecule has 1 amide bonds. The molecule has 1 N–H and O–H groups in total. The molecule has 1 saturated heterocycles. The molecule has 7 nitrogen and oxygen atoms in total. The SMILES string of the molecule is Cc1cc(OCC(=O)Nc2ccc(C#N)cc2)nc(N2CCCCC2)n1. The van der Waals surface area contributed by atoms with Gasteiger partial charge in [-0.05, 0) is 50.5 Å². The van der Waals surface area contributed by atoms with E-state index in [-0.39, 0.29) is 12.5 Å². The van der Waals surface area contributed by atoms with Gasteiger partial charge in [-0.2, -0.15) is 10.2 Å². The van der Waals surface area contributed by atoms with E-state index < -0.39 is 0 Å². The molecule has 1 aliphatic rings. The number of hydrogen-bond donors (Lipinski definition) is 1. The van der Waals surface area contributed by atoms with E-state index in [9.17, 15) is 4.79 Å². The zero-order valence-electron chi connectivity index (χ0n) is 14.7. The Bertz CT molecular complexity index is 808. The van der Waals surface area contributed by atoms with Crippen molar-refractivity contribution in [1.29, 1.82) is 5.26 Å². The third-order valence-corrected chi connectivity index (χ3v) is 4.11. The van der Waals surface area contributed by atoms with Gasteiger partial charge in [-0.1, -0.05) is 0 Å². The summed E-state index contributed by atoms with van der Waals surface area (Å²) in [6, 6.07) is 10.4. The van der Waals surface area contributed by atoms with E-state index in [2.05, 4.69) is 20.2 Å². The Morgan fingerprint density at radius 3 is 2.65 bits per heavy atom. The number of nitriles is 1. The highest BCUT2D eigenvalue weighted by molar-refractivity contribution is 5.91. The minimum Gasteiger partial charge on any atom is -0.467 e. The fourth-order valence-electron chi connectivity index (χ4n) is 2.80. The van der Waals surface area contributed by atoms with Crippen molar-refractivity contribution in [3.8, 4) is 11.9 Å². The van der Waals surface area contributed by atoms with Gasteiger partial charge in [0.05, 0.1) is 11.6 Å². The molecule has 0 atom stereocenters. The number of nitrogens with one attached hydrogen (secondary N) is 1. The van der Waals surface area contributed by atoms with Crippen LogP contribution in [0.15, 0.2) is 30.3 Å². The lowest BCUT2D eigenvalue weighted by Crippen LogP contribution is -2.31. The summed E-state index contributed by atoms with van der Waals surface area (Å²) in [6.07, 6.45) is 3.52. The van der Waals surface area contributed by atoms with Gasteiger partial charge in [0.1, 0.15) is 0 Å². The summed E-state index contributed by atoms with van der Waals surface area (Å²) >= 11 is 0. The summed E-state index contributed by atoms with van der Waals surface area (Å²) in [5.41, 5.74) is 1.97. The standard InChI is InChI=1S/C19H21N5O2/c1-14-11-18(23-19(21-14)24-9-3-2-4-10-24)26-13-17(25)22-16-7-5-15(12-20)6-8-16/h5-8,11H,2-4,9-10,13H2,1H3,(H,22,25). The number of hydrogen-bond acceptors (Lipinski definition) is 6. The molecule has 0 aliphatic carbocycles. The van der Waals surface area contributed by atoms with E-state index in [0.29, 0.717) is 23.1 Å². The van der Waals surface area contributed by atoms with E-state index in [1.807, 2.05) is 13.0 Å².